The minimum absolute atomic E-state index is 0.0140. The quantitative estimate of drug-likeness (QED) is 0.782. The number of rotatable bonds is 3. The summed E-state index contributed by atoms with van der Waals surface area (Å²) in [5.74, 6) is 2.40. The predicted molar refractivity (Wildman–Crippen MR) is 110 cm³/mol. The van der Waals surface area contributed by atoms with Gasteiger partial charge in [0.25, 0.3) is 5.91 Å². The van der Waals surface area contributed by atoms with Crippen molar-refractivity contribution in [2.24, 2.45) is 0 Å². The van der Waals surface area contributed by atoms with E-state index in [0.717, 1.165) is 36.6 Å². The molecule has 0 N–H and O–H groups in total. The zero-order chi connectivity index (χ0) is 19.8. The molecule has 2 aliphatic heterocycles. The monoisotopic (exact) mass is 393 g/mol. The van der Waals surface area contributed by atoms with Gasteiger partial charge < -0.3 is 19.1 Å². The maximum atomic E-state index is 13.2. The summed E-state index contributed by atoms with van der Waals surface area (Å²) in [5, 5.41) is 0. The first-order valence-corrected chi connectivity index (χ1v) is 10.6. The first kappa shape index (κ1) is 18.3. The molecule has 3 aliphatic rings. The fraction of sp³-hybridized carbons (Fsp3) is 0.458. The first-order valence-electron chi connectivity index (χ1n) is 10.6. The molecule has 152 valence electrons. The van der Waals surface area contributed by atoms with E-state index in [-0.39, 0.29) is 24.0 Å². The summed E-state index contributed by atoms with van der Waals surface area (Å²) < 4.78 is 17.5. The van der Waals surface area contributed by atoms with Crippen LogP contribution in [0.15, 0.2) is 42.5 Å². The lowest BCUT2D eigenvalue weighted by Gasteiger charge is -2.46. The van der Waals surface area contributed by atoms with Crippen LogP contribution in [-0.2, 0) is 10.2 Å². The van der Waals surface area contributed by atoms with Crippen LogP contribution in [0.2, 0.25) is 0 Å². The number of ether oxygens (including phenoxy) is 3. The van der Waals surface area contributed by atoms with Crippen molar-refractivity contribution in [1.82, 2.24) is 4.90 Å². The third-order valence-corrected chi connectivity index (χ3v) is 6.66. The van der Waals surface area contributed by atoms with Crippen LogP contribution in [0.4, 0.5) is 0 Å². The molecule has 1 atom stereocenters. The summed E-state index contributed by atoms with van der Waals surface area (Å²) in [6, 6.07) is 13.8. The van der Waals surface area contributed by atoms with Crippen LogP contribution in [0.25, 0.3) is 0 Å². The fourth-order valence-corrected chi connectivity index (χ4v) is 5.15. The number of amides is 1. The highest BCUT2D eigenvalue weighted by atomic mass is 16.6. The molecule has 5 heteroatoms. The molecule has 1 spiro atoms. The van der Waals surface area contributed by atoms with Crippen molar-refractivity contribution in [3.05, 3.63) is 53.6 Å². The Kier molecular flexibility index (Phi) is 4.61. The SMILES string of the molecule is CC1c2cc3c(cc2C2(CCCC2)CN1C(=O)COc1ccccc1)OCCO3. The Morgan fingerprint density at radius 3 is 2.52 bits per heavy atom. The Hall–Kier alpha value is -2.69. The smallest absolute Gasteiger partial charge is 0.261 e. The van der Waals surface area contributed by atoms with Gasteiger partial charge in [0, 0.05) is 12.0 Å². The van der Waals surface area contributed by atoms with Gasteiger partial charge in [-0.25, -0.2) is 0 Å². The van der Waals surface area contributed by atoms with Gasteiger partial charge in [-0.05, 0) is 55.2 Å². The second kappa shape index (κ2) is 7.29. The number of fused-ring (bicyclic) bond motifs is 3. The molecule has 2 aromatic carbocycles. The lowest BCUT2D eigenvalue weighted by molar-refractivity contribution is -0.137. The molecule has 0 aromatic heterocycles. The number of hydrogen-bond acceptors (Lipinski definition) is 4. The van der Waals surface area contributed by atoms with E-state index in [1.165, 1.54) is 24.0 Å². The molecule has 0 radical (unpaired) electrons. The van der Waals surface area contributed by atoms with Crippen molar-refractivity contribution >= 4 is 5.91 Å². The zero-order valence-electron chi connectivity index (χ0n) is 16.9. The van der Waals surface area contributed by atoms with E-state index in [1.54, 1.807) is 0 Å². The van der Waals surface area contributed by atoms with E-state index in [9.17, 15) is 4.79 Å². The molecule has 1 amide bonds. The summed E-state index contributed by atoms with van der Waals surface area (Å²) in [6.45, 7) is 4.08. The molecule has 1 aliphatic carbocycles. The summed E-state index contributed by atoms with van der Waals surface area (Å²) in [5.41, 5.74) is 2.55. The Bertz CT molecular complexity index is 905. The molecule has 1 saturated carbocycles. The van der Waals surface area contributed by atoms with Gasteiger partial charge in [-0.3, -0.25) is 4.79 Å². The Morgan fingerprint density at radius 1 is 1.10 bits per heavy atom. The molecular weight excluding hydrogens is 366 g/mol. The third-order valence-electron chi connectivity index (χ3n) is 6.66. The molecule has 5 rings (SSSR count). The van der Waals surface area contributed by atoms with Crippen LogP contribution in [-0.4, -0.2) is 37.2 Å². The van der Waals surface area contributed by atoms with E-state index in [0.29, 0.717) is 13.2 Å². The van der Waals surface area contributed by atoms with Crippen LogP contribution in [0.5, 0.6) is 17.2 Å². The zero-order valence-corrected chi connectivity index (χ0v) is 16.9. The number of carbonyl (C=O) groups excluding carboxylic acids is 1. The second-order valence-electron chi connectivity index (χ2n) is 8.37. The molecule has 5 nitrogen and oxygen atoms in total. The molecule has 29 heavy (non-hydrogen) atoms. The summed E-state index contributed by atoms with van der Waals surface area (Å²) in [6.07, 6.45) is 4.61. The Labute approximate surface area is 171 Å². The molecule has 0 bridgehead atoms. The highest BCUT2D eigenvalue weighted by Gasteiger charge is 2.46. The van der Waals surface area contributed by atoms with Crippen molar-refractivity contribution in [2.45, 2.75) is 44.1 Å². The molecule has 2 aromatic rings. The highest BCUT2D eigenvalue weighted by molar-refractivity contribution is 5.79. The molecular formula is C24H27NO4. The predicted octanol–water partition coefficient (Wildman–Crippen LogP) is 4.25. The number of hydrogen-bond donors (Lipinski definition) is 0. The van der Waals surface area contributed by atoms with Crippen LogP contribution in [0.1, 0.15) is 49.8 Å². The van der Waals surface area contributed by atoms with Crippen LogP contribution >= 0.6 is 0 Å². The lowest BCUT2D eigenvalue weighted by Crippen LogP contribution is -2.50. The standard InChI is InChI=1S/C24H27NO4/c1-17-19-13-21-22(28-12-11-27-21)14-20(19)24(9-5-6-10-24)16-25(17)23(26)15-29-18-7-3-2-4-8-18/h2-4,7-8,13-14,17H,5-6,9-12,15-16H2,1H3. The van der Waals surface area contributed by atoms with Crippen molar-refractivity contribution in [3.8, 4) is 17.2 Å². The summed E-state index contributed by atoms with van der Waals surface area (Å²) in [4.78, 5) is 15.2. The molecule has 0 saturated heterocycles. The van der Waals surface area contributed by atoms with E-state index < -0.39 is 0 Å². The average Bonchev–Trinajstić information content (AvgIpc) is 3.24. The highest BCUT2D eigenvalue weighted by Crippen LogP contribution is 2.51. The molecule has 1 fully saturated rings. The second-order valence-corrected chi connectivity index (χ2v) is 8.37. The van der Waals surface area contributed by atoms with Gasteiger partial charge in [-0.1, -0.05) is 31.0 Å². The van der Waals surface area contributed by atoms with E-state index >= 15 is 0 Å². The maximum Gasteiger partial charge on any atom is 0.261 e. The average molecular weight is 393 g/mol. The van der Waals surface area contributed by atoms with Crippen molar-refractivity contribution in [1.29, 1.82) is 0 Å². The topological polar surface area (TPSA) is 48.0 Å². The van der Waals surface area contributed by atoms with Gasteiger partial charge in [-0.15, -0.1) is 0 Å². The van der Waals surface area contributed by atoms with Crippen LogP contribution < -0.4 is 14.2 Å². The number of nitrogens with zero attached hydrogens (tertiary/aromatic N) is 1. The van der Waals surface area contributed by atoms with Gasteiger partial charge >= 0.3 is 0 Å². The maximum absolute atomic E-state index is 13.2. The fourth-order valence-electron chi connectivity index (χ4n) is 5.15. The van der Waals surface area contributed by atoms with Gasteiger partial charge in [0.15, 0.2) is 18.1 Å². The Balaban J connectivity index is 1.45. The van der Waals surface area contributed by atoms with E-state index in [1.807, 2.05) is 35.2 Å². The van der Waals surface area contributed by atoms with Crippen LogP contribution in [0, 0.1) is 0 Å². The lowest BCUT2D eigenvalue weighted by atomic mass is 9.71. The number of carbonyl (C=O) groups is 1. The van der Waals surface area contributed by atoms with Gasteiger partial charge in [0.2, 0.25) is 0 Å². The van der Waals surface area contributed by atoms with Crippen LogP contribution in [0.3, 0.4) is 0 Å². The summed E-state index contributed by atoms with van der Waals surface area (Å²) in [7, 11) is 0. The van der Waals surface area contributed by atoms with E-state index in [4.69, 9.17) is 14.2 Å². The largest absolute Gasteiger partial charge is 0.486 e. The van der Waals surface area contributed by atoms with Gasteiger partial charge in [-0.2, -0.15) is 0 Å². The minimum atomic E-state index is -0.0149. The van der Waals surface area contributed by atoms with Gasteiger partial charge in [0.1, 0.15) is 19.0 Å². The normalized spacial score (nSPS) is 21.7. The number of benzene rings is 2. The van der Waals surface area contributed by atoms with Gasteiger partial charge in [0.05, 0.1) is 6.04 Å². The first-order chi connectivity index (χ1) is 14.2. The Morgan fingerprint density at radius 2 is 1.79 bits per heavy atom. The minimum Gasteiger partial charge on any atom is -0.486 e. The third kappa shape index (κ3) is 3.22. The molecule has 1 unspecified atom stereocenters. The molecule has 2 heterocycles. The van der Waals surface area contributed by atoms with Crippen molar-refractivity contribution in [3.63, 3.8) is 0 Å². The summed E-state index contributed by atoms with van der Waals surface area (Å²) >= 11 is 0. The number of para-hydroxylation sites is 1. The van der Waals surface area contributed by atoms with Crippen molar-refractivity contribution < 1.29 is 19.0 Å². The van der Waals surface area contributed by atoms with E-state index in [2.05, 4.69) is 19.1 Å². The van der Waals surface area contributed by atoms with Crippen molar-refractivity contribution in [2.75, 3.05) is 26.4 Å².